The van der Waals surface area contributed by atoms with Crippen LogP contribution in [-0.2, 0) is 0 Å². The monoisotopic (exact) mass is 216 g/mol. The first-order chi connectivity index (χ1) is 7.92. The first-order valence-electron chi connectivity index (χ1n) is 6.18. The van der Waals surface area contributed by atoms with Gasteiger partial charge in [0.2, 0.25) is 0 Å². The van der Waals surface area contributed by atoms with E-state index < -0.39 is 0 Å². The van der Waals surface area contributed by atoms with Crippen molar-refractivity contribution >= 4 is 11.8 Å². The first kappa shape index (κ1) is 11.2. The standard InChI is InChI=1S/C14H20N2/c1-2-3-6-12-16-14-10-5-4-8-13(14)9-7-11-15-16/h4-5,7-10,15H,2-3,6,11-12H2,1H3. The molecule has 0 aromatic heterocycles. The molecular weight excluding hydrogens is 196 g/mol. The van der Waals surface area contributed by atoms with Crippen molar-refractivity contribution in [3.05, 3.63) is 35.9 Å². The Labute approximate surface area is 97.9 Å². The van der Waals surface area contributed by atoms with Gasteiger partial charge in [0.05, 0.1) is 5.69 Å². The van der Waals surface area contributed by atoms with Crippen molar-refractivity contribution in [2.24, 2.45) is 0 Å². The van der Waals surface area contributed by atoms with Crippen molar-refractivity contribution in [2.75, 3.05) is 18.1 Å². The van der Waals surface area contributed by atoms with Crippen LogP contribution in [0.5, 0.6) is 0 Å². The molecular formula is C14H20N2. The third-order valence-corrected chi connectivity index (χ3v) is 2.91. The van der Waals surface area contributed by atoms with Crippen LogP contribution < -0.4 is 10.4 Å². The molecule has 1 aromatic rings. The number of fused-ring (bicyclic) bond motifs is 1. The summed E-state index contributed by atoms with van der Waals surface area (Å²) in [4.78, 5) is 0. The highest BCUT2D eigenvalue weighted by molar-refractivity contribution is 5.68. The summed E-state index contributed by atoms with van der Waals surface area (Å²) in [7, 11) is 0. The van der Waals surface area contributed by atoms with Gasteiger partial charge in [-0.2, -0.15) is 0 Å². The minimum atomic E-state index is 0.917. The lowest BCUT2D eigenvalue weighted by atomic mass is 10.1. The molecule has 0 spiro atoms. The maximum Gasteiger partial charge on any atom is 0.0592 e. The predicted molar refractivity (Wildman–Crippen MR) is 70.3 cm³/mol. The van der Waals surface area contributed by atoms with Gasteiger partial charge < -0.3 is 5.01 Å². The summed E-state index contributed by atoms with van der Waals surface area (Å²) in [6, 6.07) is 8.56. The fraction of sp³-hybridized carbons (Fsp3) is 0.429. The Hall–Kier alpha value is -1.28. The number of anilines is 1. The quantitative estimate of drug-likeness (QED) is 0.777. The van der Waals surface area contributed by atoms with Crippen LogP contribution in [0.25, 0.3) is 6.08 Å². The van der Waals surface area contributed by atoms with Gasteiger partial charge in [-0.25, -0.2) is 5.43 Å². The molecule has 0 atom stereocenters. The number of rotatable bonds is 4. The molecule has 0 unspecified atom stereocenters. The van der Waals surface area contributed by atoms with Crippen LogP contribution in [0.15, 0.2) is 30.3 Å². The van der Waals surface area contributed by atoms with Crippen LogP contribution in [0.4, 0.5) is 5.69 Å². The van der Waals surface area contributed by atoms with E-state index >= 15 is 0 Å². The van der Waals surface area contributed by atoms with Gasteiger partial charge in [0.25, 0.3) is 0 Å². The molecule has 2 heteroatoms. The van der Waals surface area contributed by atoms with E-state index in [1.54, 1.807) is 0 Å². The van der Waals surface area contributed by atoms with E-state index in [1.165, 1.54) is 30.5 Å². The molecule has 1 aliphatic heterocycles. The Balaban J connectivity index is 2.10. The van der Waals surface area contributed by atoms with Gasteiger partial charge in [-0.3, -0.25) is 0 Å². The van der Waals surface area contributed by atoms with Crippen LogP contribution >= 0.6 is 0 Å². The molecule has 1 aromatic carbocycles. The van der Waals surface area contributed by atoms with Crippen molar-refractivity contribution in [1.29, 1.82) is 0 Å². The van der Waals surface area contributed by atoms with Gasteiger partial charge >= 0.3 is 0 Å². The second-order valence-corrected chi connectivity index (χ2v) is 4.18. The molecule has 2 nitrogen and oxygen atoms in total. The number of nitrogens with one attached hydrogen (secondary N) is 1. The maximum atomic E-state index is 3.44. The summed E-state index contributed by atoms with van der Waals surface area (Å²) in [5.41, 5.74) is 6.05. The zero-order valence-electron chi connectivity index (χ0n) is 9.95. The molecule has 0 saturated heterocycles. The number of hydrogen-bond donors (Lipinski definition) is 1. The van der Waals surface area contributed by atoms with Crippen molar-refractivity contribution < 1.29 is 0 Å². The van der Waals surface area contributed by atoms with E-state index in [0.717, 1.165) is 13.1 Å². The normalized spacial score (nSPS) is 14.7. The van der Waals surface area contributed by atoms with Crippen LogP contribution in [0.2, 0.25) is 0 Å². The van der Waals surface area contributed by atoms with Crippen molar-refractivity contribution in [1.82, 2.24) is 5.43 Å². The lowest BCUT2D eigenvalue weighted by molar-refractivity contribution is 0.616. The summed E-state index contributed by atoms with van der Waals surface area (Å²) < 4.78 is 0. The Kier molecular flexibility index (Phi) is 4.00. The molecule has 1 aliphatic rings. The highest BCUT2D eigenvalue weighted by Gasteiger charge is 2.10. The lowest BCUT2D eigenvalue weighted by Gasteiger charge is -2.25. The highest BCUT2D eigenvalue weighted by atomic mass is 15.5. The molecule has 0 radical (unpaired) electrons. The molecule has 0 fully saturated rings. The second kappa shape index (κ2) is 5.71. The first-order valence-corrected chi connectivity index (χ1v) is 6.18. The number of para-hydroxylation sites is 1. The average molecular weight is 216 g/mol. The molecule has 86 valence electrons. The van der Waals surface area contributed by atoms with Crippen LogP contribution in [0.1, 0.15) is 31.7 Å². The van der Waals surface area contributed by atoms with Gasteiger partial charge in [-0.1, -0.05) is 50.1 Å². The molecule has 1 N–H and O–H groups in total. The highest BCUT2D eigenvalue weighted by Crippen LogP contribution is 2.22. The molecule has 2 rings (SSSR count). The van der Waals surface area contributed by atoms with E-state index in [1.807, 2.05) is 0 Å². The van der Waals surface area contributed by atoms with E-state index in [4.69, 9.17) is 0 Å². The zero-order chi connectivity index (χ0) is 11.2. The largest absolute Gasteiger partial charge is 0.308 e. The Morgan fingerprint density at radius 2 is 2.12 bits per heavy atom. The van der Waals surface area contributed by atoms with E-state index in [0.29, 0.717) is 0 Å². The number of hydrazine groups is 1. The summed E-state index contributed by atoms with van der Waals surface area (Å²) >= 11 is 0. The van der Waals surface area contributed by atoms with E-state index in [-0.39, 0.29) is 0 Å². The summed E-state index contributed by atoms with van der Waals surface area (Å²) in [5.74, 6) is 0. The Morgan fingerprint density at radius 1 is 1.25 bits per heavy atom. The topological polar surface area (TPSA) is 15.3 Å². The molecule has 0 saturated carbocycles. The Morgan fingerprint density at radius 3 is 3.00 bits per heavy atom. The molecule has 0 amide bonds. The van der Waals surface area contributed by atoms with Gasteiger partial charge in [-0.15, -0.1) is 0 Å². The lowest BCUT2D eigenvalue weighted by Crippen LogP contribution is -2.38. The summed E-state index contributed by atoms with van der Waals surface area (Å²) in [6.45, 7) is 4.25. The van der Waals surface area contributed by atoms with Crippen molar-refractivity contribution in [3.63, 3.8) is 0 Å². The fourth-order valence-electron chi connectivity index (χ4n) is 2.03. The SMILES string of the molecule is CCCCCN1NCC=Cc2ccccc21. The molecule has 1 heterocycles. The fourth-order valence-corrected chi connectivity index (χ4v) is 2.03. The van der Waals surface area contributed by atoms with Crippen LogP contribution in [0, 0.1) is 0 Å². The van der Waals surface area contributed by atoms with Gasteiger partial charge in [0, 0.05) is 13.1 Å². The smallest absolute Gasteiger partial charge is 0.0592 e. The van der Waals surface area contributed by atoms with Gasteiger partial charge in [0.1, 0.15) is 0 Å². The van der Waals surface area contributed by atoms with Crippen molar-refractivity contribution in [2.45, 2.75) is 26.2 Å². The predicted octanol–water partition coefficient (Wildman–Crippen LogP) is 3.21. The minimum absolute atomic E-state index is 0.917. The average Bonchev–Trinajstić information content (AvgIpc) is 2.52. The second-order valence-electron chi connectivity index (χ2n) is 4.18. The number of nitrogens with zero attached hydrogens (tertiary/aromatic N) is 1. The van der Waals surface area contributed by atoms with Crippen LogP contribution in [0.3, 0.4) is 0 Å². The maximum absolute atomic E-state index is 3.44. The van der Waals surface area contributed by atoms with Crippen LogP contribution in [-0.4, -0.2) is 13.1 Å². The molecule has 0 aliphatic carbocycles. The summed E-state index contributed by atoms with van der Waals surface area (Å²) in [5, 5.41) is 2.28. The third kappa shape index (κ3) is 2.64. The molecule has 16 heavy (non-hydrogen) atoms. The Bertz CT molecular complexity index is 358. The number of benzene rings is 1. The van der Waals surface area contributed by atoms with Gasteiger partial charge in [-0.05, 0) is 18.1 Å². The van der Waals surface area contributed by atoms with Crippen molar-refractivity contribution in [3.8, 4) is 0 Å². The zero-order valence-corrected chi connectivity index (χ0v) is 9.95. The number of unbranched alkanes of at least 4 members (excludes halogenated alkanes) is 2. The minimum Gasteiger partial charge on any atom is -0.308 e. The third-order valence-electron chi connectivity index (χ3n) is 2.91. The number of hydrogen-bond acceptors (Lipinski definition) is 2. The molecule has 0 bridgehead atoms. The summed E-state index contributed by atoms with van der Waals surface area (Å²) in [6.07, 6.45) is 8.19. The van der Waals surface area contributed by atoms with E-state index in [9.17, 15) is 0 Å². The van der Waals surface area contributed by atoms with Gasteiger partial charge in [0.15, 0.2) is 0 Å². The van der Waals surface area contributed by atoms with E-state index in [2.05, 4.69) is 53.8 Å².